The van der Waals surface area contributed by atoms with Gasteiger partial charge in [-0.2, -0.15) is 0 Å². The molecular weight excluding hydrogens is 228 g/mol. The lowest BCUT2D eigenvalue weighted by molar-refractivity contribution is -0.117. The minimum Gasteiger partial charge on any atom is -0.358 e. The number of amidine groups is 1. The molecule has 3 rings (SSSR count). The van der Waals surface area contributed by atoms with Gasteiger partial charge in [-0.05, 0) is 12.3 Å². The van der Waals surface area contributed by atoms with Crippen LogP contribution in [0, 0.1) is 5.92 Å². The van der Waals surface area contributed by atoms with Gasteiger partial charge < -0.3 is 14.7 Å². The topological polar surface area (TPSA) is 39.1 Å². The smallest absolute Gasteiger partial charge is 0.152 e. The van der Waals surface area contributed by atoms with Crippen molar-refractivity contribution < 1.29 is 4.79 Å². The summed E-state index contributed by atoms with van der Waals surface area (Å²) in [5, 5.41) is 0. The Kier molecular flexibility index (Phi) is 2.76. The SMILES string of the molecule is CN1CN=C2C1=CN(CC1CCC(=O)C1)CN2C. The van der Waals surface area contributed by atoms with Crippen LogP contribution < -0.4 is 0 Å². The number of nitrogens with zero attached hydrogens (tertiary/aromatic N) is 4. The van der Waals surface area contributed by atoms with Gasteiger partial charge in [0.2, 0.25) is 0 Å². The maximum absolute atomic E-state index is 11.3. The summed E-state index contributed by atoms with van der Waals surface area (Å²) in [6.45, 7) is 2.61. The normalized spacial score (nSPS) is 27.6. The van der Waals surface area contributed by atoms with Gasteiger partial charge in [0.15, 0.2) is 5.84 Å². The molecule has 0 aromatic heterocycles. The van der Waals surface area contributed by atoms with E-state index in [-0.39, 0.29) is 0 Å². The molecule has 0 bridgehead atoms. The fourth-order valence-electron chi connectivity index (χ4n) is 3.02. The van der Waals surface area contributed by atoms with Gasteiger partial charge in [0.05, 0.1) is 12.4 Å². The van der Waals surface area contributed by atoms with Crippen molar-refractivity contribution in [2.75, 3.05) is 34.0 Å². The van der Waals surface area contributed by atoms with Gasteiger partial charge in [-0.25, -0.2) is 4.99 Å². The highest BCUT2D eigenvalue weighted by Crippen LogP contribution is 2.26. The van der Waals surface area contributed by atoms with Crippen molar-refractivity contribution in [3.05, 3.63) is 11.9 Å². The molecular formula is C13H20N4O. The minimum atomic E-state index is 0.429. The Morgan fingerprint density at radius 2 is 2.22 bits per heavy atom. The highest BCUT2D eigenvalue weighted by atomic mass is 16.1. The zero-order valence-electron chi connectivity index (χ0n) is 11.1. The third kappa shape index (κ3) is 1.98. The molecule has 0 N–H and O–H groups in total. The number of rotatable bonds is 2. The van der Waals surface area contributed by atoms with Gasteiger partial charge in [-0.3, -0.25) is 4.79 Å². The fraction of sp³-hybridized carbons (Fsp3) is 0.692. The second-order valence-electron chi connectivity index (χ2n) is 5.59. The van der Waals surface area contributed by atoms with Gasteiger partial charge in [-0.1, -0.05) is 0 Å². The molecule has 0 spiro atoms. The number of Topliss-reactive ketones (excluding diaryl/α,β-unsaturated/α-hetero) is 1. The molecule has 0 radical (unpaired) electrons. The number of carbonyl (C=O) groups is 1. The summed E-state index contributed by atoms with van der Waals surface area (Å²) in [5.41, 5.74) is 1.20. The van der Waals surface area contributed by atoms with Gasteiger partial charge in [-0.15, -0.1) is 0 Å². The van der Waals surface area contributed by atoms with Crippen molar-refractivity contribution in [2.24, 2.45) is 10.9 Å². The predicted molar refractivity (Wildman–Crippen MR) is 69.8 cm³/mol. The van der Waals surface area contributed by atoms with Crippen LogP contribution >= 0.6 is 0 Å². The van der Waals surface area contributed by atoms with E-state index in [1.807, 2.05) is 0 Å². The fourth-order valence-corrected chi connectivity index (χ4v) is 3.02. The first kappa shape index (κ1) is 11.6. The molecule has 0 amide bonds. The largest absolute Gasteiger partial charge is 0.358 e. The molecule has 1 atom stereocenters. The first-order valence-electron chi connectivity index (χ1n) is 6.58. The van der Waals surface area contributed by atoms with Gasteiger partial charge in [0.1, 0.15) is 12.5 Å². The Bertz CT molecular complexity index is 429. The van der Waals surface area contributed by atoms with Crippen molar-refractivity contribution >= 4 is 11.6 Å². The van der Waals surface area contributed by atoms with Crippen LogP contribution in [0.1, 0.15) is 19.3 Å². The first-order valence-corrected chi connectivity index (χ1v) is 6.58. The molecule has 0 aromatic carbocycles. The van der Waals surface area contributed by atoms with Crippen molar-refractivity contribution in [3.8, 4) is 0 Å². The van der Waals surface area contributed by atoms with Crippen LogP contribution in [0.4, 0.5) is 0 Å². The Morgan fingerprint density at radius 3 is 2.94 bits per heavy atom. The summed E-state index contributed by atoms with van der Waals surface area (Å²) in [7, 11) is 4.15. The maximum Gasteiger partial charge on any atom is 0.152 e. The van der Waals surface area contributed by atoms with Crippen molar-refractivity contribution in [2.45, 2.75) is 19.3 Å². The molecule has 2 heterocycles. The van der Waals surface area contributed by atoms with Gasteiger partial charge >= 0.3 is 0 Å². The number of carbonyl (C=O) groups excluding carboxylic acids is 1. The number of likely N-dealkylation sites (N-methyl/N-ethyl adjacent to an activating group) is 2. The molecule has 98 valence electrons. The molecule has 2 aliphatic heterocycles. The zero-order chi connectivity index (χ0) is 12.7. The Morgan fingerprint density at radius 1 is 1.39 bits per heavy atom. The van der Waals surface area contributed by atoms with E-state index in [9.17, 15) is 4.79 Å². The molecule has 1 fully saturated rings. The lowest BCUT2D eigenvalue weighted by Gasteiger charge is -2.36. The van der Waals surface area contributed by atoms with E-state index in [1.165, 1.54) is 5.70 Å². The average molecular weight is 248 g/mol. The Hall–Kier alpha value is -1.52. The highest BCUT2D eigenvalue weighted by Gasteiger charge is 2.30. The zero-order valence-corrected chi connectivity index (χ0v) is 11.1. The second kappa shape index (κ2) is 4.30. The highest BCUT2D eigenvalue weighted by molar-refractivity contribution is 5.99. The monoisotopic (exact) mass is 248 g/mol. The summed E-state index contributed by atoms with van der Waals surface area (Å²) in [5.74, 6) is 2.06. The van der Waals surface area contributed by atoms with Crippen LogP contribution in [-0.2, 0) is 4.79 Å². The third-order valence-electron chi connectivity index (χ3n) is 3.97. The third-order valence-corrected chi connectivity index (χ3v) is 3.97. The van der Waals surface area contributed by atoms with Crippen LogP contribution in [0.3, 0.4) is 0 Å². The first-order chi connectivity index (χ1) is 8.63. The Balaban J connectivity index is 1.71. The maximum atomic E-state index is 11.3. The van der Waals surface area contributed by atoms with E-state index < -0.39 is 0 Å². The van der Waals surface area contributed by atoms with E-state index in [0.717, 1.165) is 45.0 Å². The molecule has 5 heteroatoms. The summed E-state index contributed by atoms with van der Waals surface area (Å²) < 4.78 is 0. The second-order valence-corrected chi connectivity index (χ2v) is 5.59. The van der Waals surface area contributed by atoms with Crippen molar-refractivity contribution in [3.63, 3.8) is 0 Å². The Labute approximate surface area is 108 Å². The molecule has 3 aliphatic rings. The van der Waals surface area contributed by atoms with Crippen LogP contribution in [-0.4, -0.2) is 60.3 Å². The quantitative estimate of drug-likeness (QED) is 0.721. The standard InChI is InChI=1S/C13H20N4O/c1-15-8-14-13-12(15)7-17(9-16(13)2)6-10-3-4-11(18)5-10/h7,10H,3-6,8-9H2,1-2H3. The van der Waals surface area contributed by atoms with Crippen LogP contribution in [0.5, 0.6) is 0 Å². The molecule has 1 unspecified atom stereocenters. The van der Waals surface area contributed by atoms with Crippen molar-refractivity contribution in [1.82, 2.24) is 14.7 Å². The minimum absolute atomic E-state index is 0.429. The molecule has 5 nitrogen and oxygen atoms in total. The molecule has 1 aliphatic carbocycles. The number of fused-ring (bicyclic) bond motifs is 1. The lowest BCUT2D eigenvalue weighted by Crippen LogP contribution is -2.44. The summed E-state index contributed by atoms with van der Waals surface area (Å²) in [4.78, 5) is 22.5. The predicted octanol–water partition coefficient (Wildman–Crippen LogP) is 0.703. The van der Waals surface area contributed by atoms with Crippen LogP contribution in [0.2, 0.25) is 0 Å². The molecule has 0 aromatic rings. The molecule has 0 saturated heterocycles. The van der Waals surface area contributed by atoms with Gasteiger partial charge in [0, 0.05) is 39.7 Å². The number of hydrogen-bond acceptors (Lipinski definition) is 5. The van der Waals surface area contributed by atoms with E-state index >= 15 is 0 Å². The number of ketones is 1. The lowest BCUT2D eigenvalue weighted by atomic mass is 10.1. The van der Waals surface area contributed by atoms with Crippen LogP contribution in [0.15, 0.2) is 16.9 Å². The van der Waals surface area contributed by atoms with E-state index in [2.05, 4.69) is 40.0 Å². The summed E-state index contributed by atoms with van der Waals surface area (Å²) in [6, 6.07) is 0. The summed E-state index contributed by atoms with van der Waals surface area (Å²) >= 11 is 0. The van der Waals surface area contributed by atoms with Crippen molar-refractivity contribution in [1.29, 1.82) is 0 Å². The van der Waals surface area contributed by atoms with E-state index in [0.29, 0.717) is 11.7 Å². The van der Waals surface area contributed by atoms with Gasteiger partial charge in [0.25, 0.3) is 0 Å². The average Bonchev–Trinajstić information content (AvgIpc) is 2.87. The van der Waals surface area contributed by atoms with E-state index in [1.54, 1.807) is 0 Å². The molecule has 1 saturated carbocycles. The summed E-state index contributed by atoms with van der Waals surface area (Å²) in [6.07, 6.45) is 4.80. The van der Waals surface area contributed by atoms with E-state index in [4.69, 9.17) is 0 Å². The number of hydrogen-bond donors (Lipinski definition) is 0. The van der Waals surface area contributed by atoms with Crippen LogP contribution in [0.25, 0.3) is 0 Å². The molecule has 18 heavy (non-hydrogen) atoms. The number of aliphatic imine (C=N–C) groups is 1.